The lowest BCUT2D eigenvalue weighted by molar-refractivity contribution is 0.146. The summed E-state index contributed by atoms with van der Waals surface area (Å²) >= 11 is 8.73. The summed E-state index contributed by atoms with van der Waals surface area (Å²) in [6, 6.07) is 5.71. The van der Waals surface area contributed by atoms with Crippen LogP contribution in [0.25, 0.3) is 17.2 Å². The number of anilines is 2. The van der Waals surface area contributed by atoms with Crippen LogP contribution in [0.1, 0.15) is 5.69 Å². The van der Waals surface area contributed by atoms with E-state index in [0.717, 1.165) is 42.6 Å². The molecule has 0 radical (unpaired) electrons. The molecule has 10 heteroatoms. The molecule has 4 aromatic rings. The first-order valence-electron chi connectivity index (χ1n) is 8.70. The summed E-state index contributed by atoms with van der Waals surface area (Å²) in [7, 11) is 1.65. The predicted molar refractivity (Wildman–Crippen MR) is 121 cm³/mol. The number of methoxy groups -OCH3 is 1. The van der Waals surface area contributed by atoms with Crippen molar-refractivity contribution < 1.29 is 9.47 Å². The lowest BCUT2D eigenvalue weighted by atomic mass is 10.3. The van der Waals surface area contributed by atoms with Gasteiger partial charge in [-0.3, -0.25) is 4.40 Å². The molecule has 0 bridgehead atoms. The lowest BCUT2D eigenvalue weighted by Gasteiger charge is -2.12. The number of hydrogen-bond donors (Lipinski definition) is 1. The van der Waals surface area contributed by atoms with Gasteiger partial charge in [0.25, 0.3) is 0 Å². The van der Waals surface area contributed by atoms with E-state index in [2.05, 4.69) is 47.1 Å². The van der Waals surface area contributed by atoms with E-state index < -0.39 is 0 Å². The maximum Gasteiger partial charge on any atom is 0.234 e. The average Bonchev–Trinajstić information content (AvgIpc) is 3.27. The summed E-state index contributed by atoms with van der Waals surface area (Å²) in [6.45, 7) is 2.99. The molecular weight excluding hydrogens is 522 g/mol. The van der Waals surface area contributed by atoms with Crippen LogP contribution in [0.15, 0.2) is 44.9 Å². The molecule has 0 aliphatic heterocycles. The lowest BCUT2D eigenvalue weighted by Crippen LogP contribution is -2.04. The summed E-state index contributed by atoms with van der Waals surface area (Å²) in [5.41, 5.74) is 3.56. The van der Waals surface area contributed by atoms with Crippen molar-refractivity contribution in [2.24, 2.45) is 0 Å². The van der Waals surface area contributed by atoms with E-state index >= 15 is 0 Å². The molecule has 1 N–H and O–H groups in total. The molecule has 0 unspecified atom stereocenters. The molecule has 150 valence electrons. The first-order chi connectivity index (χ1) is 14.1. The Hall–Kier alpha value is -2.01. The van der Waals surface area contributed by atoms with E-state index in [1.165, 1.54) is 11.3 Å². The minimum absolute atomic E-state index is 0.492. The molecule has 7 nitrogen and oxygen atoms in total. The van der Waals surface area contributed by atoms with Crippen molar-refractivity contribution in [1.82, 2.24) is 19.4 Å². The van der Waals surface area contributed by atoms with Gasteiger partial charge in [-0.25, -0.2) is 15.0 Å². The topological polar surface area (TPSA) is 73.6 Å². The Morgan fingerprint density at radius 1 is 1.17 bits per heavy atom. The fraction of sp³-hybridized carbons (Fsp3) is 0.211. The zero-order valence-corrected chi connectivity index (χ0v) is 19.6. The smallest absolute Gasteiger partial charge is 0.234 e. The van der Waals surface area contributed by atoms with Gasteiger partial charge in [0.15, 0.2) is 5.13 Å². The molecule has 0 spiro atoms. The summed E-state index contributed by atoms with van der Waals surface area (Å²) < 4.78 is 14.4. The molecule has 0 saturated heterocycles. The van der Waals surface area contributed by atoms with Gasteiger partial charge in [-0.2, -0.15) is 0 Å². The Morgan fingerprint density at radius 3 is 2.72 bits per heavy atom. The van der Waals surface area contributed by atoms with Crippen molar-refractivity contribution in [2.45, 2.75) is 6.92 Å². The van der Waals surface area contributed by atoms with Crippen LogP contribution < -0.4 is 10.1 Å². The van der Waals surface area contributed by atoms with Gasteiger partial charge < -0.3 is 14.8 Å². The van der Waals surface area contributed by atoms with Gasteiger partial charge in [-0.05, 0) is 57.0 Å². The van der Waals surface area contributed by atoms with E-state index in [0.29, 0.717) is 19.0 Å². The number of ether oxygens (including phenoxy) is 2. The second-order valence-corrected chi connectivity index (χ2v) is 8.67. The number of nitrogens with zero attached hydrogens (tertiary/aromatic N) is 4. The van der Waals surface area contributed by atoms with Crippen molar-refractivity contribution in [3.63, 3.8) is 0 Å². The number of benzene rings is 1. The number of fused-ring (bicyclic) bond motifs is 1. The fourth-order valence-corrected chi connectivity index (χ4v) is 4.89. The predicted octanol–water partition coefficient (Wildman–Crippen LogP) is 5.46. The van der Waals surface area contributed by atoms with Crippen LogP contribution in [0.5, 0.6) is 5.75 Å². The maximum absolute atomic E-state index is 5.68. The SMILES string of the molecule is COCCOc1cc(Br)c(Nc2nc(-c3c(C)nc4ncccn34)cs2)c(Br)c1. The standard InChI is InChI=1S/C19H17Br2N5O2S/c1-11-17(26-5-3-4-22-18(26)23-11)15-10-29-19(24-15)25-16-13(20)8-12(9-14(16)21)28-7-6-27-2/h3-5,8-10H,6-7H2,1-2H3,(H,24,25). The van der Waals surface area contributed by atoms with E-state index in [1.54, 1.807) is 13.3 Å². The van der Waals surface area contributed by atoms with Crippen molar-refractivity contribution in [3.05, 3.63) is 50.6 Å². The first kappa shape index (κ1) is 20.3. The molecule has 0 aliphatic rings. The number of imidazole rings is 1. The van der Waals surface area contributed by atoms with Gasteiger partial charge in [0.05, 0.1) is 23.7 Å². The van der Waals surface area contributed by atoms with Gasteiger partial charge in [-0.1, -0.05) is 0 Å². The molecular formula is C19H17Br2N5O2S. The Morgan fingerprint density at radius 2 is 1.97 bits per heavy atom. The van der Waals surface area contributed by atoms with Crippen LogP contribution in [-0.4, -0.2) is 39.7 Å². The summed E-state index contributed by atoms with van der Waals surface area (Å²) in [5, 5.41) is 6.15. The molecule has 3 heterocycles. The van der Waals surface area contributed by atoms with Crippen LogP contribution in [0.4, 0.5) is 10.8 Å². The van der Waals surface area contributed by atoms with Crippen LogP contribution >= 0.6 is 43.2 Å². The highest BCUT2D eigenvalue weighted by molar-refractivity contribution is 9.11. The largest absolute Gasteiger partial charge is 0.491 e. The van der Waals surface area contributed by atoms with Crippen LogP contribution in [0.2, 0.25) is 0 Å². The molecule has 0 aliphatic carbocycles. The number of aryl methyl sites for hydroxylation is 1. The van der Waals surface area contributed by atoms with Crippen molar-refractivity contribution in [1.29, 1.82) is 0 Å². The Bertz CT molecular complexity index is 1140. The second-order valence-electron chi connectivity index (χ2n) is 6.10. The molecule has 4 rings (SSSR count). The number of halogens is 2. The number of nitrogens with one attached hydrogen (secondary N) is 1. The third-order valence-corrected chi connectivity index (χ3v) is 6.14. The van der Waals surface area contributed by atoms with Crippen LogP contribution in [0.3, 0.4) is 0 Å². The average molecular weight is 539 g/mol. The molecule has 0 saturated carbocycles. The molecule has 0 atom stereocenters. The van der Waals surface area contributed by atoms with Gasteiger partial charge in [0.2, 0.25) is 5.78 Å². The highest BCUT2D eigenvalue weighted by Gasteiger charge is 2.16. The molecule has 29 heavy (non-hydrogen) atoms. The summed E-state index contributed by atoms with van der Waals surface area (Å²) in [5.74, 6) is 1.41. The van der Waals surface area contributed by atoms with Gasteiger partial charge >= 0.3 is 0 Å². The Labute approximate surface area is 188 Å². The van der Waals surface area contributed by atoms with Crippen LogP contribution in [0, 0.1) is 6.92 Å². The molecule has 0 fully saturated rings. The third kappa shape index (κ3) is 4.30. The van der Waals surface area contributed by atoms with Crippen molar-refractivity contribution in [2.75, 3.05) is 25.6 Å². The monoisotopic (exact) mass is 537 g/mol. The maximum atomic E-state index is 5.68. The second kappa shape index (κ2) is 8.78. The zero-order chi connectivity index (χ0) is 20.4. The summed E-state index contributed by atoms with van der Waals surface area (Å²) in [4.78, 5) is 13.6. The first-order valence-corrected chi connectivity index (χ1v) is 11.2. The number of hydrogen-bond acceptors (Lipinski definition) is 7. The molecule has 3 aromatic heterocycles. The van der Waals surface area contributed by atoms with E-state index in [9.17, 15) is 0 Å². The number of rotatable bonds is 7. The summed E-state index contributed by atoms with van der Waals surface area (Å²) in [6.07, 6.45) is 3.68. The highest BCUT2D eigenvalue weighted by Crippen LogP contribution is 2.38. The number of thiazole rings is 1. The van der Waals surface area contributed by atoms with E-state index in [-0.39, 0.29) is 0 Å². The molecule has 1 aromatic carbocycles. The van der Waals surface area contributed by atoms with Gasteiger partial charge in [-0.15, -0.1) is 11.3 Å². The van der Waals surface area contributed by atoms with Gasteiger partial charge in [0, 0.05) is 33.8 Å². The number of aromatic nitrogens is 4. The van der Waals surface area contributed by atoms with Crippen LogP contribution in [-0.2, 0) is 4.74 Å². The van der Waals surface area contributed by atoms with Crippen molar-refractivity contribution in [3.8, 4) is 17.1 Å². The van der Waals surface area contributed by atoms with Crippen molar-refractivity contribution >= 4 is 59.8 Å². The Kier molecular flexibility index (Phi) is 6.14. The van der Waals surface area contributed by atoms with Gasteiger partial charge in [0.1, 0.15) is 18.1 Å². The van der Waals surface area contributed by atoms with E-state index in [4.69, 9.17) is 14.5 Å². The quantitative estimate of drug-likeness (QED) is 0.315. The zero-order valence-electron chi connectivity index (χ0n) is 15.6. The third-order valence-electron chi connectivity index (χ3n) is 4.13. The normalized spacial score (nSPS) is 11.2. The Balaban J connectivity index is 1.59. The fourth-order valence-electron chi connectivity index (χ4n) is 2.85. The minimum Gasteiger partial charge on any atom is -0.491 e. The molecule has 0 amide bonds. The highest BCUT2D eigenvalue weighted by atomic mass is 79.9. The van der Waals surface area contributed by atoms with E-state index in [1.807, 2.05) is 41.1 Å². The minimum atomic E-state index is 0.492.